The summed E-state index contributed by atoms with van der Waals surface area (Å²) in [6, 6.07) is 1.35. The van der Waals surface area contributed by atoms with Crippen molar-refractivity contribution >= 4 is 15.9 Å². The molecule has 1 heterocycles. The lowest BCUT2D eigenvalue weighted by Crippen LogP contribution is -2.30. The fourth-order valence-electron chi connectivity index (χ4n) is 1.21. The van der Waals surface area contributed by atoms with Gasteiger partial charge in [0.2, 0.25) is 0 Å². The Morgan fingerprint density at radius 3 is 2.86 bits per heavy atom. The van der Waals surface area contributed by atoms with E-state index in [2.05, 4.69) is 27.8 Å². The Morgan fingerprint density at radius 2 is 2.29 bits per heavy atom. The molecule has 0 radical (unpaired) electrons. The van der Waals surface area contributed by atoms with Gasteiger partial charge in [0.1, 0.15) is 0 Å². The fourth-order valence-corrected chi connectivity index (χ4v) is 1.98. The molecule has 0 aliphatic carbocycles. The number of nitrogens with zero attached hydrogens (tertiary/aromatic N) is 1. The average Bonchev–Trinajstić information content (AvgIpc) is 2.10. The topological polar surface area (TPSA) is 54.9 Å². The lowest BCUT2D eigenvalue weighted by molar-refractivity contribution is 0.594. The molecular weight excluding hydrogens is 248 g/mol. The molecule has 0 amide bonds. The molecule has 0 aliphatic rings. The van der Waals surface area contributed by atoms with Crippen LogP contribution in [0.15, 0.2) is 21.9 Å². The van der Waals surface area contributed by atoms with Crippen LogP contribution in [0.2, 0.25) is 0 Å². The molecule has 5 heteroatoms. The van der Waals surface area contributed by atoms with Crippen LogP contribution in [0.5, 0.6) is 0 Å². The maximum atomic E-state index is 11.3. The molecule has 1 aromatic rings. The number of aromatic nitrogens is 2. The van der Waals surface area contributed by atoms with Crippen molar-refractivity contribution in [1.29, 1.82) is 0 Å². The number of halogens is 1. The highest BCUT2D eigenvalue weighted by atomic mass is 79.9. The second kappa shape index (κ2) is 5.14. The molecule has 4 nitrogen and oxygen atoms in total. The van der Waals surface area contributed by atoms with Crippen LogP contribution in [0.1, 0.15) is 19.8 Å². The molecule has 1 atom stereocenters. The quantitative estimate of drug-likeness (QED) is 0.825. The largest absolute Gasteiger partial charge is 0.328 e. The maximum absolute atomic E-state index is 11.3. The highest BCUT2D eigenvalue weighted by molar-refractivity contribution is 9.09. The van der Waals surface area contributed by atoms with E-state index in [1.165, 1.54) is 16.8 Å². The fraction of sp³-hybridized carbons (Fsp3) is 0.556. The summed E-state index contributed by atoms with van der Waals surface area (Å²) in [5.41, 5.74) is -0.703. The second-order valence-electron chi connectivity index (χ2n) is 3.15. The molecule has 1 aromatic heterocycles. The summed E-state index contributed by atoms with van der Waals surface area (Å²) in [6.07, 6.45) is 3.59. The van der Waals surface area contributed by atoms with Crippen molar-refractivity contribution in [1.82, 2.24) is 9.55 Å². The van der Waals surface area contributed by atoms with Crippen molar-refractivity contribution in [3.8, 4) is 0 Å². The molecule has 1 rings (SSSR count). The Bertz CT molecular complexity index is 396. The van der Waals surface area contributed by atoms with Crippen molar-refractivity contribution in [3.63, 3.8) is 0 Å². The minimum atomic E-state index is -0.354. The monoisotopic (exact) mass is 260 g/mol. The van der Waals surface area contributed by atoms with Gasteiger partial charge in [-0.2, -0.15) is 0 Å². The van der Waals surface area contributed by atoms with E-state index >= 15 is 0 Å². The summed E-state index contributed by atoms with van der Waals surface area (Å²) in [4.78, 5) is 24.5. The van der Waals surface area contributed by atoms with Crippen LogP contribution in [0.25, 0.3) is 0 Å². The molecule has 0 aliphatic heterocycles. The third kappa shape index (κ3) is 3.14. The van der Waals surface area contributed by atoms with Gasteiger partial charge in [-0.3, -0.25) is 14.3 Å². The summed E-state index contributed by atoms with van der Waals surface area (Å²) < 4.78 is 1.50. The van der Waals surface area contributed by atoms with Gasteiger partial charge in [0.25, 0.3) is 5.56 Å². The van der Waals surface area contributed by atoms with Crippen molar-refractivity contribution in [2.75, 3.05) is 0 Å². The van der Waals surface area contributed by atoms with Gasteiger partial charge in [0.15, 0.2) is 0 Å². The van der Waals surface area contributed by atoms with Crippen molar-refractivity contribution in [2.24, 2.45) is 0 Å². The molecule has 0 spiro atoms. The Morgan fingerprint density at radius 1 is 1.57 bits per heavy atom. The van der Waals surface area contributed by atoms with Crippen LogP contribution in [-0.4, -0.2) is 14.4 Å². The molecule has 1 unspecified atom stereocenters. The van der Waals surface area contributed by atoms with Crippen LogP contribution in [0, 0.1) is 0 Å². The Balaban J connectivity index is 2.77. The molecule has 1 N–H and O–H groups in total. The third-order valence-corrected chi connectivity index (χ3v) is 2.64. The smallest absolute Gasteiger partial charge is 0.299 e. The SMILES string of the molecule is CCCC(Br)Cn1ccc(=O)[nH]c1=O. The number of aromatic amines is 1. The van der Waals surface area contributed by atoms with Crippen LogP contribution in [0.4, 0.5) is 0 Å². The molecule has 0 fully saturated rings. The molecule has 0 saturated carbocycles. The summed E-state index contributed by atoms with van der Waals surface area (Å²) in [6.45, 7) is 2.67. The first-order valence-corrected chi connectivity index (χ1v) is 5.49. The Kier molecular flexibility index (Phi) is 4.13. The summed E-state index contributed by atoms with van der Waals surface area (Å²) in [7, 11) is 0. The lowest BCUT2D eigenvalue weighted by Gasteiger charge is -2.09. The molecule has 0 saturated heterocycles. The third-order valence-electron chi connectivity index (χ3n) is 1.89. The van der Waals surface area contributed by atoms with Crippen LogP contribution >= 0.6 is 15.9 Å². The lowest BCUT2D eigenvalue weighted by atomic mass is 10.2. The highest BCUT2D eigenvalue weighted by Crippen LogP contribution is 2.08. The Labute approximate surface area is 90.1 Å². The second-order valence-corrected chi connectivity index (χ2v) is 4.44. The minimum Gasteiger partial charge on any atom is -0.299 e. The first-order valence-electron chi connectivity index (χ1n) is 4.57. The van der Waals surface area contributed by atoms with Gasteiger partial charge in [0.05, 0.1) is 0 Å². The van der Waals surface area contributed by atoms with E-state index in [0.717, 1.165) is 12.8 Å². The first kappa shape index (κ1) is 11.2. The molecule has 14 heavy (non-hydrogen) atoms. The minimum absolute atomic E-state index is 0.274. The summed E-state index contributed by atoms with van der Waals surface area (Å²) >= 11 is 3.48. The van der Waals surface area contributed by atoms with E-state index in [0.29, 0.717) is 6.54 Å². The van der Waals surface area contributed by atoms with Crippen LogP contribution in [0.3, 0.4) is 0 Å². The van der Waals surface area contributed by atoms with E-state index in [1.54, 1.807) is 0 Å². The predicted octanol–water partition coefficient (Wildman–Crippen LogP) is 1.10. The van der Waals surface area contributed by atoms with Crippen LogP contribution < -0.4 is 11.2 Å². The first-order chi connectivity index (χ1) is 6.63. The average molecular weight is 261 g/mol. The maximum Gasteiger partial charge on any atom is 0.328 e. The van der Waals surface area contributed by atoms with Gasteiger partial charge in [-0.25, -0.2) is 4.79 Å². The van der Waals surface area contributed by atoms with E-state index in [9.17, 15) is 9.59 Å². The van der Waals surface area contributed by atoms with Crippen molar-refractivity contribution in [3.05, 3.63) is 33.1 Å². The zero-order valence-corrected chi connectivity index (χ0v) is 9.58. The van der Waals surface area contributed by atoms with Crippen molar-refractivity contribution in [2.45, 2.75) is 31.1 Å². The standard InChI is InChI=1S/C9H13BrN2O2/c1-2-3-7(10)6-12-5-4-8(13)11-9(12)14/h4-5,7H,2-3,6H2,1H3,(H,11,13,14). The predicted molar refractivity (Wildman–Crippen MR) is 58.9 cm³/mol. The molecule has 0 aromatic carbocycles. The van der Waals surface area contributed by atoms with Gasteiger partial charge in [-0.05, 0) is 6.42 Å². The number of H-pyrrole nitrogens is 1. The van der Waals surface area contributed by atoms with Crippen molar-refractivity contribution < 1.29 is 0 Å². The van der Waals surface area contributed by atoms with E-state index in [1.807, 2.05) is 0 Å². The number of rotatable bonds is 4. The van der Waals surface area contributed by atoms with Crippen LogP contribution in [-0.2, 0) is 6.54 Å². The highest BCUT2D eigenvalue weighted by Gasteiger charge is 2.04. The van der Waals surface area contributed by atoms with Gasteiger partial charge in [0, 0.05) is 23.6 Å². The zero-order chi connectivity index (χ0) is 10.6. The Hall–Kier alpha value is -0.840. The van der Waals surface area contributed by atoms with Gasteiger partial charge >= 0.3 is 5.69 Å². The summed E-state index contributed by atoms with van der Waals surface area (Å²) in [5, 5.41) is 0. The zero-order valence-electron chi connectivity index (χ0n) is 8.00. The number of hydrogen-bond donors (Lipinski definition) is 1. The summed E-state index contributed by atoms with van der Waals surface area (Å²) in [5.74, 6) is 0. The molecule has 78 valence electrons. The normalized spacial score (nSPS) is 12.7. The number of hydrogen-bond acceptors (Lipinski definition) is 2. The van der Waals surface area contributed by atoms with Gasteiger partial charge < -0.3 is 0 Å². The molecular formula is C9H13BrN2O2. The van der Waals surface area contributed by atoms with Gasteiger partial charge in [-0.15, -0.1) is 0 Å². The number of alkyl halides is 1. The van der Waals surface area contributed by atoms with E-state index in [4.69, 9.17) is 0 Å². The number of nitrogens with one attached hydrogen (secondary N) is 1. The van der Waals surface area contributed by atoms with Gasteiger partial charge in [-0.1, -0.05) is 29.3 Å². The molecule has 0 bridgehead atoms. The van der Waals surface area contributed by atoms with E-state index < -0.39 is 0 Å². The van der Waals surface area contributed by atoms with E-state index in [-0.39, 0.29) is 16.1 Å².